The van der Waals surface area contributed by atoms with Crippen LogP contribution in [0, 0.1) is 15.9 Å². The lowest BCUT2D eigenvalue weighted by molar-refractivity contribution is -0.384. The zero-order valence-corrected chi connectivity index (χ0v) is 14.8. The normalized spacial score (nSPS) is 11.0. The number of thiazole rings is 1. The lowest BCUT2D eigenvalue weighted by atomic mass is 10.2. The molecule has 0 spiro atoms. The Bertz CT molecular complexity index is 960. The molecule has 2 aromatic carbocycles. The van der Waals surface area contributed by atoms with Crippen molar-refractivity contribution >= 4 is 46.0 Å². The maximum atomic E-state index is 13.0. The molecule has 0 radical (unpaired) electrons. The predicted octanol–water partition coefficient (Wildman–Crippen LogP) is 4.37. The number of nitro benzene ring substituents is 1. The van der Waals surface area contributed by atoms with Crippen molar-refractivity contribution in [3.05, 3.63) is 69.3 Å². The van der Waals surface area contributed by atoms with Crippen LogP contribution in [-0.2, 0) is 0 Å². The van der Waals surface area contributed by atoms with E-state index in [0.29, 0.717) is 16.5 Å². The summed E-state index contributed by atoms with van der Waals surface area (Å²) in [6.07, 6.45) is 1.47. The minimum Gasteiger partial charge on any atom is -0.383 e. The SMILES string of the molecule is Nc1csc(NN=Cc2cc([N+](=O)[O-])ccc2Sc2ccc(F)cc2)n1. The van der Waals surface area contributed by atoms with Gasteiger partial charge in [0.1, 0.15) is 11.6 Å². The Labute approximate surface area is 155 Å². The molecule has 0 fully saturated rings. The lowest BCUT2D eigenvalue weighted by Crippen LogP contribution is -1.95. The molecule has 132 valence electrons. The van der Waals surface area contributed by atoms with Crippen LogP contribution in [0.5, 0.6) is 0 Å². The van der Waals surface area contributed by atoms with Crippen molar-refractivity contribution in [2.75, 3.05) is 11.2 Å². The van der Waals surface area contributed by atoms with Crippen LogP contribution in [0.25, 0.3) is 0 Å². The maximum Gasteiger partial charge on any atom is 0.270 e. The molecule has 3 N–H and O–H groups in total. The van der Waals surface area contributed by atoms with E-state index < -0.39 is 4.92 Å². The van der Waals surface area contributed by atoms with E-state index in [1.165, 1.54) is 53.6 Å². The van der Waals surface area contributed by atoms with Gasteiger partial charge in [-0.15, -0.1) is 11.3 Å². The fraction of sp³-hybridized carbons (Fsp3) is 0. The summed E-state index contributed by atoms with van der Waals surface area (Å²) in [6.45, 7) is 0. The number of nitrogens with one attached hydrogen (secondary N) is 1. The van der Waals surface area contributed by atoms with Crippen molar-refractivity contribution in [2.45, 2.75) is 9.79 Å². The molecular formula is C16H12FN5O2S2. The molecule has 0 bridgehead atoms. The largest absolute Gasteiger partial charge is 0.383 e. The van der Waals surface area contributed by atoms with E-state index in [0.717, 1.165) is 9.79 Å². The van der Waals surface area contributed by atoms with Gasteiger partial charge in [0.2, 0.25) is 5.13 Å². The van der Waals surface area contributed by atoms with Crippen LogP contribution in [0.4, 0.5) is 21.0 Å². The van der Waals surface area contributed by atoms with Gasteiger partial charge >= 0.3 is 0 Å². The average Bonchev–Trinajstić information content (AvgIpc) is 3.03. The van der Waals surface area contributed by atoms with Crippen LogP contribution < -0.4 is 11.2 Å². The van der Waals surface area contributed by atoms with Gasteiger partial charge in [-0.25, -0.2) is 9.37 Å². The summed E-state index contributed by atoms with van der Waals surface area (Å²) >= 11 is 2.64. The maximum absolute atomic E-state index is 13.0. The van der Waals surface area contributed by atoms with Crippen molar-refractivity contribution in [3.8, 4) is 0 Å². The Kier molecular flexibility index (Phi) is 5.44. The summed E-state index contributed by atoms with van der Waals surface area (Å²) in [4.78, 5) is 16.1. The highest BCUT2D eigenvalue weighted by Gasteiger charge is 2.11. The third-order valence-electron chi connectivity index (χ3n) is 3.13. The molecule has 1 aromatic heterocycles. The second-order valence-electron chi connectivity index (χ2n) is 4.98. The minimum absolute atomic E-state index is 0.0478. The molecule has 3 rings (SSSR count). The van der Waals surface area contributed by atoms with Gasteiger partial charge in [0, 0.05) is 32.9 Å². The summed E-state index contributed by atoms with van der Waals surface area (Å²) < 4.78 is 13.0. The highest BCUT2D eigenvalue weighted by Crippen LogP contribution is 2.32. The van der Waals surface area contributed by atoms with Gasteiger partial charge in [-0.05, 0) is 30.3 Å². The molecule has 0 amide bonds. The van der Waals surface area contributed by atoms with Crippen LogP contribution in [-0.4, -0.2) is 16.1 Å². The Hall–Kier alpha value is -2.98. The van der Waals surface area contributed by atoms with Crippen LogP contribution in [0.2, 0.25) is 0 Å². The first kappa shape index (κ1) is 17.8. The van der Waals surface area contributed by atoms with E-state index in [4.69, 9.17) is 5.73 Å². The monoisotopic (exact) mass is 389 g/mol. The van der Waals surface area contributed by atoms with Crippen molar-refractivity contribution in [3.63, 3.8) is 0 Å². The van der Waals surface area contributed by atoms with Gasteiger partial charge < -0.3 is 5.73 Å². The first-order valence-corrected chi connectivity index (χ1v) is 8.93. The highest BCUT2D eigenvalue weighted by atomic mass is 32.2. The number of benzene rings is 2. The van der Waals surface area contributed by atoms with Gasteiger partial charge in [-0.1, -0.05) is 11.8 Å². The number of hydrazone groups is 1. The number of rotatable bonds is 6. The molecule has 10 heteroatoms. The topological polar surface area (TPSA) is 106 Å². The number of hydrogen-bond acceptors (Lipinski definition) is 8. The number of nitro groups is 1. The second kappa shape index (κ2) is 7.93. The number of nitrogens with zero attached hydrogens (tertiary/aromatic N) is 3. The van der Waals surface area contributed by atoms with E-state index in [1.54, 1.807) is 23.6 Å². The van der Waals surface area contributed by atoms with Crippen molar-refractivity contribution in [1.82, 2.24) is 4.98 Å². The molecular weight excluding hydrogens is 377 g/mol. The number of nitrogen functional groups attached to an aromatic ring is 1. The molecule has 7 nitrogen and oxygen atoms in total. The first-order chi connectivity index (χ1) is 12.5. The third kappa shape index (κ3) is 4.55. The summed E-state index contributed by atoms with van der Waals surface area (Å²) in [5, 5.41) is 17.3. The number of nitrogens with two attached hydrogens (primary N) is 1. The zero-order valence-electron chi connectivity index (χ0n) is 13.1. The number of halogens is 1. The first-order valence-electron chi connectivity index (χ1n) is 7.23. The predicted molar refractivity (Wildman–Crippen MR) is 101 cm³/mol. The van der Waals surface area contributed by atoms with Crippen molar-refractivity contribution in [1.29, 1.82) is 0 Å². The van der Waals surface area contributed by atoms with Crippen molar-refractivity contribution < 1.29 is 9.31 Å². The molecule has 0 aliphatic carbocycles. The number of aromatic nitrogens is 1. The average molecular weight is 389 g/mol. The minimum atomic E-state index is -0.474. The molecule has 0 aliphatic heterocycles. The van der Waals surface area contributed by atoms with Gasteiger partial charge in [0.15, 0.2) is 0 Å². The Morgan fingerprint density at radius 2 is 2.08 bits per heavy atom. The Morgan fingerprint density at radius 3 is 2.73 bits per heavy atom. The van der Waals surface area contributed by atoms with Gasteiger partial charge in [-0.2, -0.15) is 5.10 Å². The Balaban J connectivity index is 1.85. The molecule has 0 saturated heterocycles. The molecule has 1 heterocycles. The summed E-state index contributed by atoms with van der Waals surface area (Å²) in [5.41, 5.74) is 8.77. The number of anilines is 2. The quantitative estimate of drug-likeness (QED) is 0.368. The third-order valence-corrected chi connectivity index (χ3v) is 5.00. The van der Waals surface area contributed by atoms with E-state index in [9.17, 15) is 14.5 Å². The Morgan fingerprint density at radius 1 is 1.31 bits per heavy atom. The summed E-state index contributed by atoms with van der Waals surface area (Å²) in [6, 6.07) is 10.5. The molecule has 0 atom stereocenters. The molecule has 0 saturated carbocycles. The molecule has 3 aromatic rings. The van der Waals surface area contributed by atoms with E-state index in [1.807, 2.05) is 0 Å². The zero-order chi connectivity index (χ0) is 18.5. The smallest absolute Gasteiger partial charge is 0.270 e. The van der Waals surface area contributed by atoms with Gasteiger partial charge in [0.25, 0.3) is 5.69 Å². The van der Waals surface area contributed by atoms with Crippen LogP contribution in [0.1, 0.15) is 5.56 Å². The molecule has 0 aliphatic rings. The van der Waals surface area contributed by atoms with E-state index in [-0.39, 0.29) is 11.5 Å². The standard InChI is InChI=1S/C16H12FN5O2S2/c17-11-1-4-13(5-2-11)26-14-6-3-12(22(23)24)7-10(14)8-19-21-16-20-15(18)9-25-16/h1-9H,18H2,(H,20,21). The lowest BCUT2D eigenvalue weighted by Gasteiger charge is -2.06. The fourth-order valence-corrected chi connectivity index (χ4v) is 3.41. The highest BCUT2D eigenvalue weighted by molar-refractivity contribution is 7.99. The van der Waals surface area contributed by atoms with Crippen LogP contribution in [0.15, 0.2) is 62.7 Å². The van der Waals surface area contributed by atoms with Gasteiger partial charge in [-0.3, -0.25) is 15.5 Å². The summed E-state index contributed by atoms with van der Waals surface area (Å²) in [7, 11) is 0. The molecule has 0 unspecified atom stereocenters. The fourth-order valence-electron chi connectivity index (χ4n) is 1.97. The number of hydrogen-bond donors (Lipinski definition) is 2. The second-order valence-corrected chi connectivity index (χ2v) is 6.96. The van der Waals surface area contributed by atoms with Crippen molar-refractivity contribution in [2.24, 2.45) is 5.10 Å². The van der Waals surface area contributed by atoms with Crippen LogP contribution in [0.3, 0.4) is 0 Å². The molecule has 26 heavy (non-hydrogen) atoms. The van der Waals surface area contributed by atoms with Gasteiger partial charge in [0.05, 0.1) is 11.1 Å². The summed E-state index contributed by atoms with van der Waals surface area (Å²) in [5.74, 6) is 0.0577. The van der Waals surface area contributed by atoms with Crippen LogP contribution >= 0.6 is 23.1 Å². The number of non-ortho nitro benzene ring substituents is 1. The van der Waals surface area contributed by atoms with E-state index in [2.05, 4.69) is 15.5 Å². The van der Waals surface area contributed by atoms with E-state index >= 15 is 0 Å².